The monoisotopic (exact) mass is 727 g/mol. The summed E-state index contributed by atoms with van der Waals surface area (Å²) in [6, 6.07) is 69.7. The number of rotatable bonds is 6. The summed E-state index contributed by atoms with van der Waals surface area (Å²) in [4.78, 5) is 20.6. The molecule has 3 heterocycles. The van der Waals surface area contributed by atoms with Gasteiger partial charge in [-0.05, 0) is 65.7 Å². The molecule has 3 aromatic heterocycles. The molecule has 0 unspecified atom stereocenters. The number of hydrogen-bond acceptors (Lipinski definition) is 4. The first-order valence-corrected chi connectivity index (χ1v) is 19.1. The molecule has 0 aliphatic carbocycles. The van der Waals surface area contributed by atoms with Gasteiger partial charge in [-0.15, -0.1) is 0 Å². The van der Waals surface area contributed by atoms with E-state index in [2.05, 4.69) is 168 Å². The molecular formula is C52H33N5. The van der Waals surface area contributed by atoms with Crippen LogP contribution in [-0.2, 0) is 0 Å². The van der Waals surface area contributed by atoms with Crippen molar-refractivity contribution in [1.82, 2.24) is 24.5 Å². The third-order valence-corrected chi connectivity index (χ3v) is 10.8. The zero-order valence-corrected chi connectivity index (χ0v) is 30.8. The average molecular weight is 728 g/mol. The summed E-state index contributed by atoms with van der Waals surface area (Å²) < 4.78 is 2.32. The van der Waals surface area contributed by atoms with Gasteiger partial charge in [0.05, 0.1) is 22.2 Å². The predicted octanol–water partition coefficient (Wildman–Crippen LogP) is 13.0. The molecule has 0 spiro atoms. The average Bonchev–Trinajstić information content (AvgIpc) is 3.63. The van der Waals surface area contributed by atoms with Gasteiger partial charge in [-0.3, -0.25) is 0 Å². The third kappa shape index (κ3) is 5.64. The molecule has 11 aromatic rings. The van der Waals surface area contributed by atoms with E-state index in [1.54, 1.807) is 0 Å². The number of para-hydroxylation sites is 2. The van der Waals surface area contributed by atoms with Crippen molar-refractivity contribution in [3.63, 3.8) is 0 Å². The normalized spacial score (nSPS) is 11.5. The van der Waals surface area contributed by atoms with E-state index in [0.29, 0.717) is 17.5 Å². The zero-order valence-electron chi connectivity index (χ0n) is 30.8. The highest BCUT2D eigenvalue weighted by molar-refractivity contribution is 6.17. The van der Waals surface area contributed by atoms with Crippen LogP contribution in [0.4, 0.5) is 0 Å². The van der Waals surface area contributed by atoms with Crippen LogP contribution in [-0.4, -0.2) is 24.5 Å². The Hall–Kier alpha value is -7.76. The maximum Gasteiger partial charge on any atom is 0.164 e. The fraction of sp³-hybridized carbons (Fsp3) is 0. The van der Waals surface area contributed by atoms with Crippen LogP contribution in [0, 0.1) is 0 Å². The van der Waals surface area contributed by atoms with E-state index in [4.69, 9.17) is 19.9 Å². The van der Waals surface area contributed by atoms with Gasteiger partial charge in [0.25, 0.3) is 0 Å². The number of hydrogen-bond donors (Lipinski definition) is 0. The predicted molar refractivity (Wildman–Crippen MR) is 234 cm³/mol. The Bertz CT molecular complexity index is 3210. The number of nitrogens with zero attached hydrogens (tertiary/aromatic N) is 5. The first-order chi connectivity index (χ1) is 28.3. The van der Waals surface area contributed by atoms with E-state index in [0.717, 1.165) is 66.4 Å². The molecule has 0 aliphatic rings. The quantitative estimate of drug-likeness (QED) is 0.160. The first kappa shape index (κ1) is 32.7. The number of pyridine rings is 1. The van der Waals surface area contributed by atoms with Crippen LogP contribution in [0.2, 0.25) is 0 Å². The Morgan fingerprint density at radius 3 is 1.44 bits per heavy atom. The Balaban J connectivity index is 1.09. The summed E-state index contributed by atoms with van der Waals surface area (Å²) in [6.07, 6.45) is 0. The lowest BCUT2D eigenvalue weighted by Crippen LogP contribution is -2.01. The molecule has 0 atom stereocenters. The van der Waals surface area contributed by atoms with Gasteiger partial charge in [-0.25, -0.2) is 19.9 Å². The molecule has 11 rings (SSSR count). The molecule has 0 saturated heterocycles. The van der Waals surface area contributed by atoms with Gasteiger partial charge in [0.1, 0.15) is 0 Å². The highest BCUT2D eigenvalue weighted by Gasteiger charge is 2.18. The molecule has 57 heavy (non-hydrogen) atoms. The van der Waals surface area contributed by atoms with Crippen molar-refractivity contribution in [2.24, 2.45) is 0 Å². The largest absolute Gasteiger partial charge is 0.309 e. The molecule has 266 valence electrons. The molecule has 0 aliphatic heterocycles. The molecule has 0 N–H and O–H groups in total. The van der Waals surface area contributed by atoms with Gasteiger partial charge in [0.15, 0.2) is 17.5 Å². The summed E-state index contributed by atoms with van der Waals surface area (Å²) in [5.41, 5.74) is 11.4. The van der Waals surface area contributed by atoms with Gasteiger partial charge in [0, 0.05) is 54.9 Å². The molecule has 0 saturated carbocycles. The minimum Gasteiger partial charge on any atom is -0.309 e. The van der Waals surface area contributed by atoms with E-state index in [-0.39, 0.29) is 0 Å². The summed E-state index contributed by atoms with van der Waals surface area (Å²) >= 11 is 0. The Morgan fingerprint density at radius 1 is 0.316 bits per heavy atom. The smallest absolute Gasteiger partial charge is 0.164 e. The maximum absolute atomic E-state index is 5.29. The van der Waals surface area contributed by atoms with Gasteiger partial charge in [-0.2, -0.15) is 0 Å². The van der Waals surface area contributed by atoms with Crippen LogP contribution in [0.3, 0.4) is 0 Å². The van der Waals surface area contributed by atoms with Gasteiger partial charge in [0.2, 0.25) is 0 Å². The van der Waals surface area contributed by atoms with E-state index >= 15 is 0 Å². The van der Waals surface area contributed by atoms with Crippen molar-refractivity contribution in [1.29, 1.82) is 0 Å². The third-order valence-electron chi connectivity index (χ3n) is 10.8. The van der Waals surface area contributed by atoms with E-state index in [1.165, 1.54) is 21.8 Å². The summed E-state index contributed by atoms with van der Waals surface area (Å²) in [5.74, 6) is 1.83. The molecular weight excluding hydrogens is 695 g/mol. The molecule has 0 bridgehead atoms. The lowest BCUT2D eigenvalue weighted by molar-refractivity contribution is 1.07. The van der Waals surface area contributed by atoms with Crippen molar-refractivity contribution in [2.45, 2.75) is 0 Å². The SMILES string of the molecule is c1ccc(-c2nc(-c3ccc(-n4c5ccccc5c5ccccc54)cc3)nc(-c3ccc4nc(-c5ccccc5)c5cccc(-c6ccccc6)c5c4c3)n2)cc1. The second-order valence-corrected chi connectivity index (χ2v) is 14.2. The highest BCUT2D eigenvalue weighted by Crippen LogP contribution is 2.40. The fourth-order valence-electron chi connectivity index (χ4n) is 8.18. The van der Waals surface area contributed by atoms with Crippen molar-refractivity contribution >= 4 is 43.5 Å². The Kier molecular flexibility index (Phi) is 7.74. The molecule has 8 aromatic carbocycles. The maximum atomic E-state index is 5.29. The second kappa shape index (κ2) is 13.5. The summed E-state index contributed by atoms with van der Waals surface area (Å²) in [7, 11) is 0. The highest BCUT2D eigenvalue weighted by atomic mass is 15.0. The van der Waals surface area contributed by atoms with Gasteiger partial charge >= 0.3 is 0 Å². The van der Waals surface area contributed by atoms with Crippen LogP contribution in [0.1, 0.15) is 0 Å². The lowest BCUT2D eigenvalue weighted by Gasteiger charge is -2.15. The molecule has 5 nitrogen and oxygen atoms in total. The van der Waals surface area contributed by atoms with Crippen LogP contribution < -0.4 is 0 Å². The van der Waals surface area contributed by atoms with E-state index in [9.17, 15) is 0 Å². The van der Waals surface area contributed by atoms with Crippen molar-refractivity contribution in [3.8, 4) is 62.2 Å². The molecule has 0 radical (unpaired) electrons. The van der Waals surface area contributed by atoms with Gasteiger partial charge in [-0.1, -0.05) is 146 Å². The van der Waals surface area contributed by atoms with E-state index in [1.807, 2.05) is 36.4 Å². The summed E-state index contributed by atoms with van der Waals surface area (Å²) in [5, 5.41) is 5.75. The number of fused-ring (bicyclic) bond motifs is 6. The minimum absolute atomic E-state index is 0.602. The minimum atomic E-state index is 0.602. The standard InChI is InChI=1S/C52H33N5/c1-4-15-34(16-5-1)40-23-14-24-43-48(40)44-33-38(29-32-45(44)53-49(43)35-17-6-2-7-18-35)52-55-50(36-19-8-3-9-20-36)54-51(56-52)37-27-30-39(31-28-37)57-46-25-12-10-21-41(46)42-22-11-13-26-47(42)57/h1-33H. The van der Waals surface area contributed by atoms with Crippen LogP contribution in [0.5, 0.6) is 0 Å². The van der Waals surface area contributed by atoms with Crippen molar-refractivity contribution in [2.75, 3.05) is 0 Å². The lowest BCUT2D eigenvalue weighted by atomic mass is 9.92. The number of aromatic nitrogens is 5. The van der Waals surface area contributed by atoms with Crippen molar-refractivity contribution < 1.29 is 0 Å². The second-order valence-electron chi connectivity index (χ2n) is 14.2. The fourth-order valence-corrected chi connectivity index (χ4v) is 8.18. The van der Waals surface area contributed by atoms with Crippen LogP contribution >= 0.6 is 0 Å². The molecule has 5 heteroatoms. The summed E-state index contributed by atoms with van der Waals surface area (Å²) in [6.45, 7) is 0. The van der Waals surface area contributed by atoms with Crippen LogP contribution in [0.25, 0.3) is 106 Å². The zero-order chi connectivity index (χ0) is 37.7. The topological polar surface area (TPSA) is 56.5 Å². The van der Waals surface area contributed by atoms with Gasteiger partial charge < -0.3 is 4.57 Å². The first-order valence-electron chi connectivity index (χ1n) is 19.1. The van der Waals surface area contributed by atoms with Crippen LogP contribution in [0.15, 0.2) is 200 Å². The van der Waals surface area contributed by atoms with Crippen molar-refractivity contribution in [3.05, 3.63) is 200 Å². The van der Waals surface area contributed by atoms with E-state index < -0.39 is 0 Å². The molecule has 0 amide bonds. The molecule has 0 fully saturated rings. The Labute approximate surface area is 329 Å². The number of benzene rings is 8. The Morgan fingerprint density at radius 2 is 0.807 bits per heavy atom.